The first-order chi connectivity index (χ1) is 40.5. The average molecular weight is 1270 g/mol. The van der Waals surface area contributed by atoms with Crippen molar-refractivity contribution in [1.82, 2.24) is 39.9 Å². The minimum atomic E-state index is -8.26. The van der Waals surface area contributed by atoms with Gasteiger partial charge in [-0.3, -0.25) is 0 Å². The molecule has 0 saturated heterocycles. The number of benzene rings is 8. The molecule has 0 radical (unpaired) electrons. The molecule has 0 amide bonds. The van der Waals surface area contributed by atoms with Gasteiger partial charge in [0.25, 0.3) is 0 Å². The average Bonchev–Trinajstić information content (AvgIpc) is 4.01. The third-order valence-corrected chi connectivity index (χ3v) is 28.7. The Morgan fingerprint density at radius 1 is 0.306 bits per heavy atom. The summed E-state index contributed by atoms with van der Waals surface area (Å²) in [6.45, 7) is 0. The van der Waals surface area contributed by atoms with E-state index in [1.165, 1.54) is 12.1 Å². The Labute approximate surface area is 482 Å². The van der Waals surface area contributed by atoms with E-state index in [4.69, 9.17) is 44.2 Å². The maximum atomic E-state index is 12.5. The summed E-state index contributed by atoms with van der Waals surface area (Å²) in [5.74, 6) is -0.401. The second kappa shape index (κ2) is 19.9. The molecule has 3 aromatic heterocycles. The van der Waals surface area contributed by atoms with Gasteiger partial charge in [0.15, 0.2) is 0 Å². The van der Waals surface area contributed by atoms with Crippen molar-refractivity contribution in [3.05, 3.63) is 188 Å². The van der Waals surface area contributed by atoms with Gasteiger partial charge in [-0.25, -0.2) is 0 Å². The molecule has 24 nitrogen and oxygen atoms in total. The van der Waals surface area contributed by atoms with Gasteiger partial charge in [0.05, 0.1) is 0 Å². The van der Waals surface area contributed by atoms with Crippen LogP contribution in [0.4, 0.5) is 0 Å². The summed E-state index contributed by atoms with van der Waals surface area (Å²) in [7, 11) is -19.4. The number of hydrogen-bond acceptors (Lipinski definition) is 18. The summed E-state index contributed by atoms with van der Waals surface area (Å²) in [5.41, 5.74) is 3.19. The molecule has 0 unspecified atom stereocenters. The molecule has 0 spiro atoms. The predicted molar refractivity (Wildman–Crippen MR) is 303 cm³/mol. The molecule has 2 aliphatic heterocycles. The van der Waals surface area contributed by atoms with Crippen molar-refractivity contribution in [1.29, 1.82) is 0 Å². The number of hydrogen-bond donors (Lipinski definition) is 6. The van der Waals surface area contributed by atoms with Crippen LogP contribution in [0.25, 0.3) is 89.7 Å². The van der Waals surface area contributed by atoms with Crippen molar-refractivity contribution in [3.8, 4) is 68.5 Å². The van der Waals surface area contributed by atoms with Crippen LogP contribution in [0.15, 0.2) is 208 Å². The van der Waals surface area contributed by atoms with E-state index in [1.54, 1.807) is 30.3 Å². The first-order valence-electron chi connectivity index (χ1n) is 25.4. The molecule has 5 heterocycles. The number of nitrogens with zero attached hydrogens (tertiary/aromatic N) is 6. The van der Waals surface area contributed by atoms with Gasteiger partial charge in [0, 0.05) is 0 Å². The van der Waals surface area contributed by atoms with Crippen LogP contribution in [0.1, 0.15) is 0 Å². The van der Waals surface area contributed by atoms with Crippen LogP contribution in [-0.4, -0.2) is 91.8 Å². The first kappa shape index (κ1) is 54.8. The third kappa shape index (κ3) is 10.1. The van der Waals surface area contributed by atoms with Gasteiger partial charge in [0.2, 0.25) is 0 Å². The molecule has 0 saturated carbocycles. The SMILES string of the molecule is O=S(=O)(O)c1ccc([O][Zn]([O]c2ccc(S(=O)(=O)O)cc2)([O]c2ccc(S(=O)(=O)O)cc2)([O]c2ccc(S(=O)(=O)O)cc2)[c]2cccc3c4nc5nc(nc6[nH]c(nc7nc(nc([nH]4)c23)-c2ccccc2-7)c2ccccc62)-c2ccccc2-5)cc1. The number of H-pyrrole nitrogens is 2. The van der Waals surface area contributed by atoms with Crippen LogP contribution in [0.2, 0.25) is 0 Å². The van der Waals surface area contributed by atoms with Crippen LogP contribution >= 0.6 is 0 Å². The molecule has 13 rings (SSSR count). The molecule has 8 bridgehead atoms. The van der Waals surface area contributed by atoms with Gasteiger partial charge < -0.3 is 0 Å². The summed E-state index contributed by atoms with van der Waals surface area (Å²) in [5, 5.41) is 1.73. The number of rotatable bonds is 13. The fourth-order valence-corrected chi connectivity index (χ4v) is 24.2. The van der Waals surface area contributed by atoms with E-state index in [-0.39, 0.29) is 66.7 Å². The monoisotopic (exact) mass is 1270 g/mol. The van der Waals surface area contributed by atoms with E-state index in [1.807, 2.05) is 48.5 Å². The number of nitrogens with one attached hydrogen (secondary N) is 2. The van der Waals surface area contributed by atoms with Gasteiger partial charge in [-0.15, -0.1) is 0 Å². The summed E-state index contributed by atoms with van der Waals surface area (Å²) in [6, 6.07) is 43.4. The van der Waals surface area contributed by atoms with Crippen LogP contribution in [-0.2, 0) is 55.5 Å². The molecule has 0 aliphatic carbocycles. The zero-order chi connectivity index (χ0) is 59.3. The quantitative estimate of drug-likeness (QED) is 0.0462. The molecule has 0 atom stereocenters. The Hall–Kier alpha value is -9.42. The second-order valence-corrected chi connectivity index (χ2v) is 34.8. The van der Waals surface area contributed by atoms with Crippen LogP contribution < -0.4 is 18.4 Å². The predicted octanol–water partition coefficient (Wildman–Crippen LogP) is 9.15. The van der Waals surface area contributed by atoms with Crippen molar-refractivity contribution in [2.45, 2.75) is 19.6 Å². The van der Waals surface area contributed by atoms with Crippen LogP contribution in [0.5, 0.6) is 23.0 Å². The van der Waals surface area contributed by atoms with Crippen molar-refractivity contribution in [2.24, 2.45) is 0 Å². The van der Waals surface area contributed by atoms with E-state index in [9.17, 15) is 51.9 Å². The van der Waals surface area contributed by atoms with Crippen molar-refractivity contribution in [2.75, 3.05) is 0 Å². The topological polar surface area (TPSA) is 363 Å². The number of aromatic amines is 2. The number of fused-ring (bicyclic) bond motifs is 20. The Morgan fingerprint density at radius 2 is 0.576 bits per heavy atom. The van der Waals surface area contributed by atoms with Crippen LogP contribution in [0.3, 0.4) is 0 Å². The van der Waals surface area contributed by atoms with Gasteiger partial charge in [-0.2, -0.15) is 0 Å². The zero-order valence-electron chi connectivity index (χ0n) is 43.1. The Bertz CT molecular complexity index is 4950. The molecule has 11 aromatic rings. The van der Waals surface area contributed by atoms with Gasteiger partial charge in [-0.05, 0) is 0 Å². The summed E-state index contributed by atoms with van der Waals surface area (Å²) in [4.78, 5) is 34.9. The van der Waals surface area contributed by atoms with E-state index in [0.29, 0.717) is 39.4 Å². The maximum absolute atomic E-state index is 12.5. The number of aromatic nitrogens is 8. The molecule has 6 N–H and O–H groups in total. The summed E-state index contributed by atoms with van der Waals surface area (Å²) >= 11 is -8.26. The van der Waals surface area contributed by atoms with Gasteiger partial charge >= 0.3 is 480 Å². The van der Waals surface area contributed by atoms with Crippen molar-refractivity contribution < 1.29 is 81.2 Å². The van der Waals surface area contributed by atoms with Gasteiger partial charge in [0.1, 0.15) is 0 Å². The Balaban J connectivity index is 1.22. The Morgan fingerprint density at radius 3 is 0.894 bits per heavy atom. The van der Waals surface area contributed by atoms with Crippen molar-refractivity contribution >= 4 is 88.8 Å². The minimum absolute atomic E-state index is 0.0405. The normalized spacial score (nSPS) is 12.8. The molecule has 2 aliphatic rings. The molecular formula is C56H37N8O16S4Zn. The van der Waals surface area contributed by atoms with E-state index >= 15 is 0 Å². The molecule has 29 heteroatoms. The van der Waals surface area contributed by atoms with Gasteiger partial charge in [-0.1, -0.05) is 6.07 Å². The molecular weight excluding hydrogens is 1230 g/mol. The molecule has 8 aromatic carbocycles. The van der Waals surface area contributed by atoms with Crippen molar-refractivity contribution in [3.63, 3.8) is 0 Å². The fraction of sp³-hybridized carbons (Fsp3) is 0. The Kier molecular flexibility index (Phi) is 12.8. The summed E-state index contributed by atoms with van der Waals surface area (Å²) < 4.78 is 169. The van der Waals surface area contributed by atoms with E-state index < -0.39 is 75.1 Å². The first-order valence-corrected chi connectivity index (χ1v) is 37.5. The van der Waals surface area contributed by atoms with E-state index in [0.717, 1.165) is 108 Å². The zero-order valence-corrected chi connectivity index (χ0v) is 49.3. The standard InChI is InChI=1S/C32H17N8.4C6H6O4S.Zn/c1-2-10-18-17(9-1)25-33-26(18)38-28-21-13-5-6-14-22(21)30(35-28)40-32-24-16-8-7-15-23(24)31(36-32)39-29-20-12-4-3-11-19(20)27(34-29)37-25;4*7-5-1-3-6(4-2-5)11(8,9)10;/h1-15H,(H2,33,34,35,36,37,38,39,40);4*1-4,7H,(H,8,9,10);/q;;;;;+4/p-4. The third-order valence-electron chi connectivity index (χ3n) is 14.4. The molecule has 0 fully saturated rings. The summed E-state index contributed by atoms with van der Waals surface area (Å²) in [6.07, 6.45) is 0. The fourth-order valence-electron chi connectivity index (χ4n) is 10.7. The second-order valence-electron chi connectivity index (χ2n) is 19.7. The molecule has 423 valence electrons. The van der Waals surface area contributed by atoms with Crippen LogP contribution in [0, 0.1) is 0 Å². The van der Waals surface area contributed by atoms with E-state index in [2.05, 4.69) is 9.97 Å². The molecule has 85 heavy (non-hydrogen) atoms.